The Labute approximate surface area is 214 Å². The van der Waals surface area contributed by atoms with Crippen molar-refractivity contribution in [1.82, 2.24) is 9.47 Å². The molecule has 0 N–H and O–H groups in total. The van der Waals surface area contributed by atoms with Gasteiger partial charge in [0.15, 0.2) is 6.61 Å². The molecule has 0 bridgehead atoms. The smallest absolute Gasteiger partial charge is 0.260 e. The van der Waals surface area contributed by atoms with Gasteiger partial charge in [0.25, 0.3) is 11.5 Å². The van der Waals surface area contributed by atoms with E-state index >= 15 is 0 Å². The monoisotopic (exact) mass is 486 g/mol. The summed E-state index contributed by atoms with van der Waals surface area (Å²) in [4.78, 5) is 27.9. The number of piperidine rings is 1. The molecule has 1 saturated carbocycles. The van der Waals surface area contributed by atoms with Gasteiger partial charge < -0.3 is 14.2 Å². The van der Waals surface area contributed by atoms with Crippen molar-refractivity contribution in [3.63, 3.8) is 0 Å². The van der Waals surface area contributed by atoms with E-state index in [2.05, 4.69) is 50.2 Å². The molecule has 0 radical (unpaired) electrons. The summed E-state index contributed by atoms with van der Waals surface area (Å²) in [7, 11) is 0. The first kappa shape index (κ1) is 24.6. The van der Waals surface area contributed by atoms with Crippen LogP contribution in [0, 0.1) is 11.8 Å². The molecule has 1 saturated heterocycles. The van der Waals surface area contributed by atoms with Crippen molar-refractivity contribution < 1.29 is 9.53 Å². The summed E-state index contributed by atoms with van der Waals surface area (Å²) < 4.78 is 7.90. The highest BCUT2D eigenvalue weighted by atomic mass is 16.5. The van der Waals surface area contributed by atoms with Crippen LogP contribution < -0.4 is 10.3 Å². The van der Waals surface area contributed by atoms with Gasteiger partial charge in [-0.1, -0.05) is 50.6 Å². The third-order valence-corrected chi connectivity index (χ3v) is 8.10. The molecule has 0 unspecified atom stereocenters. The van der Waals surface area contributed by atoms with Crippen LogP contribution in [0.5, 0.6) is 5.75 Å². The molecule has 1 amide bonds. The fraction of sp³-hybridized carbons (Fsp3) is 0.484. The average molecular weight is 487 g/mol. The third kappa shape index (κ3) is 5.50. The Kier molecular flexibility index (Phi) is 7.45. The lowest BCUT2D eigenvalue weighted by Crippen LogP contribution is -2.41. The van der Waals surface area contributed by atoms with Gasteiger partial charge >= 0.3 is 0 Å². The molecule has 2 heterocycles. The molecule has 2 aromatic carbocycles. The van der Waals surface area contributed by atoms with E-state index in [0.29, 0.717) is 17.6 Å². The highest BCUT2D eigenvalue weighted by Gasteiger charge is 2.24. The number of pyridine rings is 1. The molecular formula is C31H38N2O3. The van der Waals surface area contributed by atoms with Crippen molar-refractivity contribution >= 4 is 16.8 Å². The number of hydrogen-bond acceptors (Lipinski definition) is 3. The predicted molar refractivity (Wildman–Crippen MR) is 145 cm³/mol. The average Bonchev–Trinajstić information content (AvgIpc) is 2.86. The Morgan fingerprint density at radius 2 is 1.72 bits per heavy atom. The zero-order chi connectivity index (χ0) is 25.1. The molecule has 5 nitrogen and oxygen atoms in total. The minimum absolute atomic E-state index is 0.0333. The van der Waals surface area contributed by atoms with Crippen molar-refractivity contribution in [3.8, 4) is 5.75 Å². The van der Waals surface area contributed by atoms with Crippen LogP contribution >= 0.6 is 0 Å². The largest absolute Gasteiger partial charge is 0.484 e. The van der Waals surface area contributed by atoms with E-state index < -0.39 is 0 Å². The number of rotatable bonds is 8. The minimum atomic E-state index is 0.0333. The Bertz CT molecular complexity index is 1250. The van der Waals surface area contributed by atoms with Crippen LogP contribution in [0.2, 0.25) is 0 Å². The number of likely N-dealkylation sites (tertiary alicyclic amines) is 1. The van der Waals surface area contributed by atoms with Crippen molar-refractivity contribution in [2.75, 3.05) is 19.7 Å². The summed E-state index contributed by atoms with van der Waals surface area (Å²) in [5, 5.41) is 1.10. The fourth-order valence-corrected chi connectivity index (χ4v) is 5.65. The van der Waals surface area contributed by atoms with Gasteiger partial charge in [0.1, 0.15) is 5.75 Å². The van der Waals surface area contributed by atoms with E-state index in [1.54, 1.807) is 6.07 Å². The summed E-state index contributed by atoms with van der Waals surface area (Å²) in [5.74, 6) is 2.15. The zero-order valence-electron chi connectivity index (χ0n) is 21.6. The van der Waals surface area contributed by atoms with Crippen LogP contribution in [0.15, 0.2) is 59.4 Å². The second-order valence-corrected chi connectivity index (χ2v) is 11.0. The van der Waals surface area contributed by atoms with Crippen LogP contribution in [0.25, 0.3) is 10.9 Å². The van der Waals surface area contributed by atoms with E-state index in [4.69, 9.17) is 4.74 Å². The topological polar surface area (TPSA) is 51.5 Å². The number of ether oxygens (including phenoxy) is 1. The van der Waals surface area contributed by atoms with Gasteiger partial charge in [-0.25, -0.2) is 0 Å². The van der Waals surface area contributed by atoms with Crippen molar-refractivity contribution in [1.29, 1.82) is 0 Å². The molecule has 36 heavy (non-hydrogen) atoms. The Morgan fingerprint density at radius 1 is 0.972 bits per heavy atom. The molecule has 2 aliphatic rings. The van der Waals surface area contributed by atoms with Crippen LogP contribution in [-0.2, 0) is 17.8 Å². The molecule has 2 fully saturated rings. The maximum Gasteiger partial charge on any atom is 0.260 e. The van der Waals surface area contributed by atoms with Gasteiger partial charge in [0, 0.05) is 37.2 Å². The summed E-state index contributed by atoms with van der Waals surface area (Å²) in [6, 6.07) is 18.4. The molecule has 5 heteroatoms. The lowest BCUT2D eigenvalue weighted by Gasteiger charge is -2.32. The Balaban J connectivity index is 1.24. The molecule has 1 aliphatic carbocycles. The van der Waals surface area contributed by atoms with Gasteiger partial charge in [-0.05, 0) is 73.1 Å². The summed E-state index contributed by atoms with van der Waals surface area (Å²) in [6.45, 7) is 6.61. The highest BCUT2D eigenvalue weighted by molar-refractivity contribution is 5.85. The van der Waals surface area contributed by atoms with Crippen molar-refractivity contribution in [2.24, 2.45) is 11.8 Å². The van der Waals surface area contributed by atoms with Gasteiger partial charge in [0.2, 0.25) is 0 Å². The molecule has 3 aromatic rings. The number of fused-ring (bicyclic) bond motifs is 1. The lowest BCUT2D eigenvalue weighted by molar-refractivity contribution is -0.134. The van der Waals surface area contributed by atoms with Crippen LogP contribution in [-0.4, -0.2) is 35.1 Å². The number of amides is 1. The van der Waals surface area contributed by atoms with Crippen molar-refractivity contribution in [2.45, 2.75) is 64.8 Å². The molecule has 190 valence electrons. The van der Waals surface area contributed by atoms with E-state index in [1.165, 1.54) is 24.8 Å². The van der Waals surface area contributed by atoms with E-state index in [1.807, 2.05) is 21.6 Å². The van der Waals surface area contributed by atoms with Crippen LogP contribution in [0.3, 0.4) is 0 Å². The quantitative estimate of drug-likeness (QED) is 0.405. The third-order valence-electron chi connectivity index (χ3n) is 8.10. The SMILES string of the molecule is CC(C)c1cc(=O)n(CC2CCC2)c2cc(OCC(=O)N3CCC(Cc4ccccc4)CC3)ccc12. The highest BCUT2D eigenvalue weighted by Crippen LogP contribution is 2.31. The number of hydrogen-bond donors (Lipinski definition) is 0. The second-order valence-electron chi connectivity index (χ2n) is 11.0. The maximum atomic E-state index is 13.0. The first-order chi connectivity index (χ1) is 17.5. The molecule has 1 aromatic heterocycles. The first-order valence-electron chi connectivity index (χ1n) is 13.6. The minimum Gasteiger partial charge on any atom is -0.484 e. The molecule has 0 atom stereocenters. The van der Waals surface area contributed by atoms with Gasteiger partial charge in [-0.2, -0.15) is 0 Å². The number of aromatic nitrogens is 1. The molecule has 5 rings (SSSR count). The number of nitrogens with zero attached hydrogens (tertiary/aromatic N) is 2. The predicted octanol–water partition coefficient (Wildman–Crippen LogP) is 5.79. The lowest BCUT2D eigenvalue weighted by atomic mass is 9.85. The number of benzene rings is 2. The van der Waals surface area contributed by atoms with E-state index in [-0.39, 0.29) is 24.0 Å². The van der Waals surface area contributed by atoms with Crippen LogP contribution in [0.1, 0.15) is 63.0 Å². The van der Waals surface area contributed by atoms with Crippen molar-refractivity contribution in [3.05, 3.63) is 76.1 Å². The van der Waals surface area contributed by atoms with E-state index in [0.717, 1.165) is 55.4 Å². The van der Waals surface area contributed by atoms with Gasteiger partial charge in [0.05, 0.1) is 5.52 Å². The molecule has 1 aliphatic heterocycles. The summed E-state index contributed by atoms with van der Waals surface area (Å²) >= 11 is 0. The first-order valence-corrected chi connectivity index (χ1v) is 13.6. The number of carbonyl (C=O) groups is 1. The summed E-state index contributed by atoms with van der Waals surface area (Å²) in [5.41, 5.74) is 3.42. The Morgan fingerprint density at radius 3 is 2.39 bits per heavy atom. The van der Waals surface area contributed by atoms with E-state index in [9.17, 15) is 9.59 Å². The van der Waals surface area contributed by atoms with Gasteiger partial charge in [-0.3, -0.25) is 9.59 Å². The standard InChI is InChI=1S/C31H38N2O3/c1-22(2)28-19-30(34)33(20-25-9-6-10-25)29-18-26(11-12-27(28)29)36-21-31(35)32-15-13-24(14-16-32)17-23-7-4-3-5-8-23/h3-5,7-8,11-12,18-19,22,24-25H,6,9-10,13-17,20-21H2,1-2H3. The molecule has 0 spiro atoms. The Hall–Kier alpha value is -3.08. The maximum absolute atomic E-state index is 13.0. The zero-order valence-corrected chi connectivity index (χ0v) is 21.6. The molecular weight excluding hydrogens is 448 g/mol. The van der Waals surface area contributed by atoms with Crippen LogP contribution in [0.4, 0.5) is 0 Å². The van der Waals surface area contributed by atoms with Gasteiger partial charge in [-0.15, -0.1) is 0 Å². The number of carbonyl (C=O) groups excluding carboxylic acids is 1. The summed E-state index contributed by atoms with van der Waals surface area (Å²) in [6.07, 6.45) is 6.77. The fourth-order valence-electron chi connectivity index (χ4n) is 5.65. The normalized spacial score (nSPS) is 16.9. The second kappa shape index (κ2) is 10.9.